The number of alkyl halides is 2. The molecule has 25 heavy (non-hydrogen) atoms. The van der Waals surface area contributed by atoms with Gasteiger partial charge in [0.25, 0.3) is 5.91 Å². The number of ether oxygens (including phenoxy) is 1. The second-order valence-corrected chi connectivity index (χ2v) is 5.76. The molecule has 0 unspecified atom stereocenters. The van der Waals surface area contributed by atoms with Gasteiger partial charge in [-0.05, 0) is 31.0 Å². The van der Waals surface area contributed by atoms with Gasteiger partial charge in [0.15, 0.2) is 6.54 Å². The van der Waals surface area contributed by atoms with Gasteiger partial charge in [-0.15, -0.1) is 0 Å². The van der Waals surface area contributed by atoms with Gasteiger partial charge in [0.2, 0.25) is 0 Å². The summed E-state index contributed by atoms with van der Waals surface area (Å²) in [7, 11) is 0. The maximum atomic E-state index is 12.1. The van der Waals surface area contributed by atoms with Crippen LogP contribution in [0.2, 0.25) is 0 Å². The molecule has 0 bridgehead atoms. The van der Waals surface area contributed by atoms with E-state index in [2.05, 4.69) is 17.0 Å². The summed E-state index contributed by atoms with van der Waals surface area (Å²) in [6, 6.07) is 16.7. The summed E-state index contributed by atoms with van der Waals surface area (Å²) in [4.78, 5) is 11.9. The first-order valence-corrected chi connectivity index (χ1v) is 8.23. The highest BCUT2D eigenvalue weighted by Crippen LogP contribution is 2.14. The number of nitrogens with one attached hydrogen (secondary N) is 1. The fourth-order valence-corrected chi connectivity index (χ4v) is 2.43. The number of hydrogen-bond donors (Lipinski definition) is 2. The van der Waals surface area contributed by atoms with Crippen molar-refractivity contribution < 1.29 is 23.6 Å². The van der Waals surface area contributed by atoms with Crippen molar-refractivity contribution in [3.63, 3.8) is 0 Å². The Kier molecular flexibility index (Phi) is 7.35. The molecule has 3 N–H and O–H groups in total. The van der Waals surface area contributed by atoms with E-state index in [0.29, 0.717) is 19.5 Å². The van der Waals surface area contributed by atoms with Crippen LogP contribution in [0, 0.1) is 0 Å². The molecule has 0 aliphatic carbocycles. The third kappa shape index (κ3) is 6.89. The Bertz CT molecular complexity index is 648. The molecule has 0 spiro atoms. The number of amides is 1. The van der Waals surface area contributed by atoms with E-state index in [4.69, 9.17) is 0 Å². The molecule has 1 amide bonds. The van der Waals surface area contributed by atoms with E-state index in [0.717, 1.165) is 5.56 Å². The average Bonchev–Trinajstić information content (AvgIpc) is 2.61. The fraction of sp³-hybridized carbons (Fsp3) is 0.316. The molecule has 0 saturated heterocycles. The zero-order valence-corrected chi connectivity index (χ0v) is 14.1. The normalized spacial score (nSPS) is 12.0. The van der Waals surface area contributed by atoms with Crippen molar-refractivity contribution in [2.75, 3.05) is 13.1 Å². The summed E-state index contributed by atoms with van der Waals surface area (Å²) in [5.74, 6) is 0.104. The highest BCUT2D eigenvalue weighted by Gasteiger charge is 2.10. The summed E-state index contributed by atoms with van der Waals surface area (Å²) in [5, 5.41) is 4.85. The molecular formula is C19H23F2N2O2+. The molecule has 2 aromatic carbocycles. The van der Waals surface area contributed by atoms with Crippen LogP contribution in [0.5, 0.6) is 5.75 Å². The molecule has 0 aromatic heterocycles. The molecule has 2 rings (SSSR count). The second kappa shape index (κ2) is 9.74. The standard InChI is InChI=1S/C19H22F2N2O2/c1-14(16-5-3-2-4-6-16)23-13-18(24)22-12-11-15-7-9-17(10-8-15)25-19(20)21/h2-10,14,19,23H,11-13H2,1H3,(H,22,24)/p+1/t14-/m1/s1. The first kappa shape index (κ1) is 18.9. The van der Waals surface area contributed by atoms with Crippen LogP contribution in [-0.4, -0.2) is 25.6 Å². The SMILES string of the molecule is C[C@@H]([NH2+]CC(=O)NCCc1ccc(OC(F)F)cc1)c1ccccc1. The van der Waals surface area contributed by atoms with Crippen LogP contribution in [0.4, 0.5) is 8.78 Å². The Morgan fingerprint density at radius 3 is 2.44 bits per heavy atom. The molecule has 0 aliphatic rings. The van der Waals surface area contributed by atoms with E-state index in [1.54, 1.807) is 12.1 Å². The van der Waals surface area contributed by atoms with Gasteiger partial charge in [-0.1, -0.05) is 42.5 Å². The highest BCUT2D eigenvalue weighted by molar-refractivity contribution is 5.76. The van der Waals surface area contributed by atoms with Crippen LogP contribution >= 0.6 is 0 Å². The molecule has 134 valence electrons. The summed E-state index contributed by atoms with van der Waals surface area (Å²) >= 11 is 0. The Hall–Kier alpha value is -2.47. The quantitative estimate of drug-likeness (QED) is 0.730. The lowest BCUT2D eigenvalue weighted by Crippen LogP contribution is -2.87. The summed E-state index contributed by atoms with van der Waals surface area (Å²) in [5.41, 5.74) is 2.13. The van der Waals surface area contributed by atoms with Gasteiger partial charge in [-0.25, -0.2) is 0 Å². The van der Waals surface area contributed by atoms with Crippen molar-refractivity contribution in [1.82, 2.24) is 5.32 Å². The number of halogens is 2. The third-order valence-electron chi connectivity index (χ3n) is 3.87. The molecule has 1 atom stereocenters. The van der Waals surface area contributed by atoms with E-state index in [-0.39, 0.29) is 17.7 Å². The summed E-state index contributed by atoms with van der Waals surface area (Å²) in [6.07, 6.45) is 0.634. The molecule has 0 aliphatic heterocycles. The molecular weight excluding hydrogens is 326 g/mol. The Morgan fingerprint density at radius 2 is 1.80 bits per heavy atom. The maximum absolute atomic E-state index is 12.1. The number of rotatable bonds is 9. The molecule has 0 heterocycles. The summed E-state index contributed by atoms with van der Waals surface area (Å²) < 4.78 is 28.5. The predicted molar refractivity (Wildman–Crippen MR) is 91.4 cm³/mol. The molecule has 4 nitrogen and oxygen atoms in total. The van der Waals surface area contributed by atoms with Crippen LogP contribution in [-0.2, 0) is 11.2 Å². The van der Waals surface area contributed by atoms with Gasteiger partial charge in [0.05, 0.1) is 0 Å². The van der Waals surface area contributed by atoms with Crippen LogP contribution in [0.3, 0.4) is 0 Å². The van der Waals surface area contributed by atoms with Gasteiger partial charge >= 0.3 is 6.61 Å². The van der Waals surface area contributed by atoms with Crippen molar-refractivity contribution in [1.29, 1.82) is 0 Å². The average molecular weight is 349 g/mol. The number of hydrogen-bond acceptors (Lipinski definition) is 2. The molecule has 2 aromatic rings. The monoisotopic (exact) mass is 349 g/mol. The van der Waals surface area contributed by atoms with E-state index < -0.39 is 6.61 Å². The predicted octanol–water partition coefficient (Wildman–Crippen LogP) is 2.27. The fourth-order valence-electron chi connectivity index (χ4n) is 2.43. The van der Waals surface area contributed by atoms with Crippen molar-refractivity contribution >= 4 is 5.91 Å². The highest BCUT2D eigenvalue weighted by atomic mass is 19.3. The van der Waals surface area contributed by atoms with Gasteiger partial charge < -0.3 is 15.4 Å². The first-order valence-electron chi connectivity index (χ1n) is 8.23. The van der Waals surface area contributed by atoms with Gasteiger partial charge in [-0.3, -0.25) is 4.79 Å². The minimum atomic E-state index is -2.82. The number of carbonyl (C=O) groups excluding carboxylic acids is 1. The van der Waals surface area contributed by atoms with E-state index in [9.17, 15) is 13.6 Å². The van der Waals surface area contributed by atoms with Gasteiger partial charge in [0, 0.05) is 12.1 Å². The molecule has 0 saturated carbocycles. The van der Waals surface area contributed by atoms with E-state index in [1.165, 1.54) is 17.7 Å². The lowest BCUT2D eigenvalue weighted by atomic mass is 10.1. The minimum absolute atomic E-state index is 0.0274. The van der Waals surface area contributed by atoms with Crippen LogP contribution in [0.1, 0.15) is 24.1 Å². The van der Waals surface area contributed by atoms with Crippen LogP contribution in [0.25, 0.3) is 0 Å². The second-order valence-electron chi connectivity index (χ2n) is 5.76. The molecule has 0 fully saturated rings. The topological polar surface area (TPSA) is 54.9 Å². The smallest absolute Gasteiger partial charge is 0.387 e. The lowest BCUT2D eigenvalue weighted by molar-refractivity contribution is -0.682. The van der Waals surface area contributed by atoms with Gasteiger partial charge in [0.1, 0.15) is 11.8 Å². The zero-order chi connectivity index (χ0) is 18.1. The van der Waals surface area contributed by atoms with E-state index >= 15 is 0 Å². The number of carbonyl (C=O) groups is 1. The summed E-state index contributed by atoms with van der Waals surface area (Å²) in [6.45, 7) is 0.101. The minimum Gasteiger partial charge on any atom is -0.435 e. The Balaban J connectivity index is 1.66. The third-order valence-corrected chi connectivity index (χ3v) is 3.87. The van der Waals surface area contributed by atoms with Gasteiger partial charge in [-0.2, -0.15) is 8.78 Å². The van der Waals surface area contributed by atoms with Crippen LogP contribution in [0.15, 0.2) is 54.6 Å². The largest absolute Gasteiger partial charge is 0.435 e. The Labute approximate surface area is 146 Å². The lowest BCUT2D eigenvalue weighted by Gasteiger charge is -2.11. The molecule has 6 heteroatoms. The molecule has 0 radical (unpaired) electrons. The Morgan fingerprint density at radius 1 is 1.12 bits per heavy atom. The van der Waals surface area contributed by atoms with Crippen molar-refractivity contribution in [2.24, 2.45) is 0 Å². The van der Waals surface area contributed by atoms with E-state index in [1.807, 2.05) is 35.6 Å². The van der Waals surface area contributed by atoms with Crippen LogP contribution < -0.4 is 15.4 Å². The number of nitrogens with two attached hydrogens (primary N) is 1. The first-order chi connectivity index (χ1) is 12.0. The number of benzene rings is 2. The zero-order valence-electron chi connectivity index (χ0n) is 14.1. The van der Waals surface area contributed by atoms with Crippen molar-refractivity contribution in [3.05, 3.63) is 65.7 Å². The number of quaternary nitrogens is 1. The van der Waals surface area contributed by atoms with Crippen molar-refractivity contribution in [2.45, 2.75) is 26.0 Å². The maximum Gasteiger partial charge on any atom is 0.387 e. The van der Waals surface area contributed by atoms with Crippen molar-refractivity contribution in [3.8, 4) is 5.75 Å².